The molecule has 7 heteroatoms. The van der Waals surface area contributed by atoms with E-state index in [4.69, 9.17) is 9.72 Å². The molecule has 0 N–H and O–H groups in total. The topological polar surface area (TPSA) is 59.7 Å². The van der Waals surface area contributed by atoms with Gasteiger partial charge in [0.25, 0.3) is 0 Å². The van der Waals surface area contributed by atoms with Crippen LogP contribution in [0.1, 0.15) is 42.4 Å². The zero-order chi connectivity index (χ0) is 24.4. The third-order valence-electron chi connectivity index (χ3n) is 6.45. The molecule has 0 radical (unpaired) electrons. The third-order valence-corrected chi connectivity index (χ3v) is 6.45. The number of piperidine rings is 1. The number of rotatable bonds is 6. The first kappa shape index (κ1) is 22.8. The SMILES string of the molecule is C=CC(=O)N1CCCCC1c1nc(-c2ccc(OCc3cccc(F)c3)cc2)c2c(C)nccn12. The summed E-state index contributed by atoms with van der Waals surface area (Å²) in [5.41, 5.74) is 4.31. The highest BCUT2D eigenvalue weighted by atomic mass is 19.1. The first-order valence-corrected chi connectivity index (χ1v) is 11.8. The maximum atomic E-state index is 13.4. The van der Waals surface area contributed by atoms with Crippen molar-refractivity contribution in [3.63, 3.8) is 0 Å². The maximum Gasteiger partial charge on any atom is 0.246 e. The number of aryl methyl sites for hydroxylation is 1. The van der Waals surface area contributed by atoms with Crippen molar-refractivity contribution in [2.75, 3.05) is 6.54 Å². The first-order valence-electron chi connectivity index (χ1n) is 11.8. The van der Waals surface area contributed by atoms with Crippen molar-refractivity contribution >= 4 is 11.4 Å². The van der Waals surface area contributed by atoms with E-state index in [0.717, 1.165) is 53.1 Å². The van der Waals surface area contributed by atoms with Crippen LogP contribution in [0.2, 0.25) is 0 Å². The summed E-state index contributed by atoms with van der Waals surface area (Å²) in [6, 6.07) is 14.0. The summed E-state index contributed by atoms with van der Waals surface area (Å²) in [5, 5.41) is 0. The second-order valence-electron chi connectivity index (χ2n) is 8.74. The molecule has 0 saturated carbocycles. The van der Waals surface area contributed by atoms with Crippen molar-refractivity contribution in [1.82, 2.24) is 19.3 Å². The summed E-state index contributed by atoms with van der Waals surface area (Å²) < 4.78 is 21.3. The Bertz CT molecular complexity index is 1380. The number of hydrogen-bond acceptors (Lipinski definition) is 4. The van der Waals surface area contributed by atoms with Crippen LogP contribution in [-0.4, -0.2) is 31.7 Å². The summed E-state index contributed by atoms with van der Waals surface area (Å²) >= 11 is 0. The van der Waals surface area contributed by atoms with Crippen molar-refractivity contribution in [3.8, 4) is 17.0 Å². The zero-order valence-corrected chi connectivity index (χ0v) is 19.7. The van der Waals surface area contributed by atoms with Crippen LogP contribution in [0, 0.1) is 12.7 Å². The number of nitrogens with zero attached hydrogens (tertiary/aromatic N) is 4. The number of fused-ring (bicyclic) bond motifs is 1. The highest BCUT2D eigenvalue weighted by Crippen LogP contribution is 2.35. The van der Waals surface area contributed by atoms with E-state index in [2.05, 4.69) is 16.0 Å². The van der Waals surface area contributed by atoms with Gasteiger partial charge in [-0.2, -0.15) is 0 Å². The second-order valence-corrected chi connectivity index (χ2v) is 8.74. The Labute approximate surface area is 203 Å². The quantitative estimate of drug-likeness (QED) is 0.341. The van der Waals surface area contributed by atoms with E-state index >= 15 is 0 Å². The van der Waals surface area contributed by atoms with Crippen molar-refractivity contribution < 1.29 is 13.9 Å². The predicted octanol–water partition coefficient (Wildman–Crippen LogP) is 5.66. The molecule has 4 aromatic rings. The Hall–Kier alpha value is -4.00. The molecule has 1 amide bonds. The average Bonchev–Trinajstić information content (AvgIpc) is 3.28. The van der Waals surface area contributed by atoms with E-state index < -0.39 is 0 Å². The molecule has 178 valence electrons. The average molecular weight is 471 g/mol. The highest BCUT2D eigenvalue weighted by Gasteiger charge is 2.31. The van der Waals surface area contributed by atoms with Crippen LogP contribution < -0.4 is 4.74 Å². The van der Waals surface area contributed by atoms with Gasteiger partial charge in [0.05, 0.1) is 22.9 Å². The van der Waals surface area contributed by atoms with Crippen molar-refractivity contribution in [2.24, 2.45) is 0 Å². The monoisotopic (exact) mass is 470 g/mol. The van der Waals surface area contributed by atoms with Gasteiger partial charge in [-0.05, 0) is 74.2 Å². The van der Waals surface area contributed by atoms with Crippen molar-refractivity contribution in [3.05, 3.63) is 96.5 Å². The molecule has 1 unspecified atom stereocenters. The van der Waals surface area contributed by atoms with Gasteiger partial charge in [-0.15, -0.1) is 0 Å². The molecule has 1 fully saturated rings. The van der Waals surface area contributed by atoms with Gasteiger partial charge in [0.1, 0.15) is 24.0 Å². The lowest BCUT2D eigenvalue weighted by molar-refractivity contribution is -0.129. The molecule has 1 aliphatic heterocycles. The number of ether oxygens (including phenoxy) is 1. The largest absolute Gasteiger partial charge is 0.489 e. The Kier molecular flexibility index (Phi) is 6.31. The summed E-state index contributed by atoms with van der Waals surface area (Å²) in [5.74, 6) is 1.17. The third kappa shape index (κ3) is 4.54. The van der Waals surface area contributed by atoms with Gasteiger partial charge in [0.2, 0.25) is 5.91 Å². The smallest absolute Gasteiger partial charge is 0.246 e. The summed E-state index contributed by atoms with van der Waals surface area (Å²) in [4.78, 5) is 24.0. The number of hydrogen-bond donors (Lipinski definition) is 0. The van der Waals surface area contributed by atoms with E-state index in [0.29, 0.717) is 12.3 Å². The molecule has 3 heterocycles. The fourth-order valence-electron chi connectivity index (χ4n) is 4.74. The fraction of sp³-hybridized carbons (Fsp3) is 0.250. The molecule has 0 aliphatic carbocycles. The van der Waals surface area contributed by atoms with Crippen LogP contribution in [0.15, 0.2) is 73.6 Å². The van der Waals surface area contributed by atoms with E-state index in [1.54, 1.807) is 12.3 Å². The van der Waals surface area contributed by atoms with Crippen molar-refractivity contribution in [1.29, 1.82) is 0 Å². The molecule has 0 spiro atoms. The summed E-state index contributed by atoms with van der Waals surface area (Å²) in [6.45, 7) is 6.63. The number of halogens is 1. The summed E-state index contributed by atoms with van der Waals surface area (Å²) in [7, 11) is 0. The first-order chi connectivity index (χ1) is 17.0. The lowest BCUT2D eigenvalue weighted by atomic mass is 10.0. The van der Waals surface area contributed by atoms with E-state index in [1.807, 2.05) is 48.4 Å². The summed E-state index contributed by atoms with van der Waals surface area (Å²) in [6.07, 6.45) is 7.93. The lowest BCUT2D eigenvalue weighted by Gasteiger charge is -2.34. The van der Waals surface area contributed by atoms with E-state index in [-0.39, 0.29) is 24.4 Å². The van der Waals surface area contributed by atoms with Gasteiger partial charge in [-0.3, -0.25) is 14.2 Å². The molecule has 1 saturated heterocycles. The zero-order valence-electron chi connectivity index (χ0n) is 19.7. The minimum atomic E-state index is -0.279. The Morgan fingerprint density at radius 1 is 1.23 bits per heavy atom. The number of carbonyl (C=O) groups excluding carboxylic acids is 1. The molecule has 35 heavy (non-hydrogen) atoms. The van der Waals surface area contributed by atoms with E-state index in [1.165, 1.54) is 18.2 Å². The number of benzene rings is 2. The number of aromatic nitrogens is 3. The minimum absolute atomic E-state index is 0.0708. The predicted molar refractivity (Wildman–Crippen MR) is 132 cm³/mol. The fourth-order valence-corrected chi connectivity index (χ4v) is 4.74. The Balaban J connectivity index is 1.47. The van der Waals surface area contributed by atoms with Crippen LogP contribution in [0.4, 0.5) is 4.39 Å². The molecule has 0 bridgehead atoms. The number of likely N-dealkylation sites (tertiary alicyclic amines) is 1. The van der Waals surface area contributed by atoms with Gasteiger partial charge < -0.3 is 9.64 Å². The van der Waals surface area contributed by atoms with Crippen LogP contribution in [0.3, 0.4) is 0 Å². The molecule has 1 aliphatic rings. The van der Waals surface area contributed by atoms with Gasteiger partial charge in [0.15, 0.2) is 0 Å². The number of carbonyl (C=O) groups is 1. The molecule has 2 aromatic heterocycles. The van der Waals surface area contributed by atoms with Gasteiger partial charge in [-0.1, -0.05) is 18.7 Å². The second kappa shape index (κ2) is 9.70. The Morgan fingerprint density at radius 2 is 2.06 bits per heavy atom. The van der Waals surface area contributed by atoms with Gasteiger partial charge in [-0.25, -0.2) is 9.37 Å². The number of amides is 1. The van der Waals surface area contributed by atoms with Crippen LogP contribution in [0.5, 0.6) is 5.75 Å². The van der Waals surface area contributed by atoms with Crippen LogP contribution in [-0.2, 0) is 11.4 Å². The molecular weight excluding hydrogens is 443 g/mol. The standard InChI is InChI=1S/C28H27FN4O2/c1-3-25(34)32-15-5-4-9-24(32)28-31-26(27-19(2)30-14-16-33(27)28)21-10-12-23(13-11-21)35-18-20-7-6-8-22(29)17-20/h3,6-8,10-14,16-17,24H,1,4-5,9,15,18H2,2H3. The number of imidazole rings is 1. The van der Waals surface area contributed by atoms with Crippen LogP contribution >= 0.6 is 0 Å². The maximum absolute atomic E-state index is 13.4. The van der Waals surface area contributed by atoms with Gasteiger partial charge in [0, 0.05) is 24.5 Å². The molecular formula is C28H27FN4O2. The molecule has 2 aromatic carbocycles. The van der Waals surface area contributed by atoms with Crippen molar-refractivity contribution in [2.45, 2.75) is 38.8 Å². The minimum Gasteiger partial charge on any atom is -0.489 e. The van der Waals surface area contributed by atoms with Gasteiger partial charge >= 0.3 is 0 Å². The molecule has 1 atom stereocenters. The van der Waals surface area contributed by atoms with Crippen LogP contribution in [0.25, 0.3) is 16.8 Å². The van der Waals surface area contributed by atoms with E-state index in [9.17, 15) is 9.18 Å². The normalized spacial score (nSPS) is 15.8. The lowest BCUT2D eigenvalue weighted by Crippen LogP contribution is -2.38. The highest BCUT2D eigenvalue weighted by molar-refractivity contribution is 5.87. The molecule has 5 rings (SSSR count). The Morgan fingerprint density at radius 3 is 2.83 bits per heavy atom. The molecule has 6 nitrogen and oxygen atoms in total.